The molecule has 1 aromatic heterocycles. The van der Waals surface area contributed by atoms with Crippen molar-refractivity contribution in [1.29, 1.82) is 0 Å². The molecule has 10 heteroatoms. The Kier molecular flexibility index (Phi) is 5.99. The standard InChI is InChI=1S/C23H26N6O4/c1-23(2)11-16-18(32-15-5-6-17(26-12-15)22(31)29-7-4-8-29)9-14(10-19(16)33-23)21(30)28-20(24)13-27-25-3/h5-6,9-10,12-13,25H,4,7-8,11H2,1-3H3,(H2,24,28,30)/p+1/b27-13-. The molecule has 33 heavy (non-hydrogen) atoms. The van der Waals surface area contributed by atoms with Crippen LogP contribution in [-0.2, 0) is 6.42 Å². The monoisotopic (exact) mass is 451 g/mol. The van der Waals surface area contributed by atoms with Gasteiger partial charge < -0.3 is 19.8 Å². The SMILES string of the molecule is CN/N=C\C(=[NH2+])NC(=O)c1cc(Oc2ccc(C(=O)N3CCC3)nc2)c2c(c1)OC(C)(C)C2. The number of hydrazone groups is 1. The third-order valence-electron chi connectivity index (χ3n) is 5.34. The van der Waals surface area contributed by atoms with Gasteiger partial charge in [0.2, 0.25) is 0 Å². The van der Waals surface area contributed by atoms with Crippen LogP contribution in [0.1, 0.15) is 46.7 Å². The summed E-state index contributed by atoms with van der Waals surface area (Å²) in [6.45, 7) is 5.46. The number of pyridine rings is 1. The first-order valence-corrected chi connectivity index (χ1v) is 10.7. The molecule has 2 aliphatic heterocycles. The van der Waals surface area contributed by atoms with E-state index in [1.165, 1.54) is 12.4 Å². The molecule has 4 rings (SSSR count). The van der Waals surface area contributed by atoms with E-state index in [2.05, 4.69) is 20.8 Å². The number of hydrogen-bond acceptors (Lipinski definition) is 7. The number of amidine groups is 1. The Labute approximate surface area is 191 Å². The van der Waals surface area contributed by atoms with E-state index < -0.39 is 11.5 Å². The number of nitrogens with zero attached hydrogens (tertiary/aromatic N) is 3. The number of likely N-dealkylation sites (tertiary alicyclic amines) is 1. The summed E-state index contributed by atoms with van der Waals surface area (Å²) in [5.74, 6) is 1.08. The summed E-state index contributed by atoms with van der Waals surface area (Å²) in [6.07, 6.45) is 4.44. The molecule has 1 fully saturated rings. The van der Waals surface area contributed by atoms with Crippen LogP contribution >= 0.6 is 0 Å². The zero-order chi connectivity index (χ0) is 23.6. The lowest BCUT2D eigenvalue weighted by atomic mass is 9.99. The summed E-state index contributed by atoms with van der Waals surface area (Å²) in [5.41, 5.74) is 3.67. The normalized spacial score (nSPS) is 15.9. The van der Waals surface area contributed by atoms with Crippen molar-refractivity contribution in [2.75, 3.05) is 20.1 Å². The van der Waals surface area contributed by atoms with E-state index in [-0.39, 0.29) is 11.7 Å². The van der Waals surface area contributed by atoms with Crippen molar-refractivity contribution in [3.05, 3.63) is 47.3 Å². The minimum Gasteiger partial charge on any atom is -0.487 e. The van der Waals surface area contributed by atoms with Crippen LogP contribution in [0.3, 0.4) is 0 Å². The molecule has 1 saturated heterocycles. The number of rotatable bonds is 6. The average Bonchev–Trinajstić information content (AvgIpc) is 3.05. The van der Waals surface area contributed by atoms with Crippen molar-refractivity contribution in [3.63, 3.8) is 0 Å². The van der Waals surface area contributed by atoms with Crippen LogP contribution in [-0.4, -0.2) is 59.5 Å². The number of carbonyl (C=O) groups is 2. The molecule has 2 amide bonds. The molecule has 0 unspecified atom stereocenters. The molecule has 10 nitrogen and oxygen atoms in total. The van der Waals surface area contributed by atoms with Crippen molar-refractivity contribution in [2.24, 2.45) is 5.10 Å². The number of aromatic nitrogens is 1. The highest BCUT2D eigenvalue weighted by molar-refractivity contribution is 6.31. The van der Waals surface area contributed by atoms with Gasteiger partial charge in [-0.2, -0.15) is 5.10 Å². The van der Waals surface area contributed by atoms with Gasteiger partial charge in [-0.1, -0.05) is 0 Å². The Hall–Kier alpha value is -3.95. The van der Waals surface area contributed by atoms with E-state index in [0.29, 0.717) is 34.9 Å². The maximum atomic E-state index is 12.7. The van der Waals surface area contributed by atoms with Crippen LogP contribution < -0.4 is 25.6 Å². The van der Waals surface area contributed by atoms with E-state index in [0.717, 1.165) is 25.1 Å². The second kappa shape index (κ2) is 8.89. The van der Waals surface area contributed by atoms with Gasteiger partial charge in [-0.15, -0.1) is 0 Å². The number of amides is 2. The van der Waals surface area contributed by atoms with Gasteiger partial charge in [-0.05, 0) is 44.5 Å². The van der Waals surface area contributed by atoms with Crippen molar-refractivity contribution in [2.45, 2.75) is 32.3 Å². The number of fused-ring (bicyclic) bond motifs is 1. The molecule has 0 aliphatic carbocycles. The zero-order valence-corrected chi connectivity index (χ0v) is 18.8. The molecule has 0 saturated carbocycles. The fraction of sp³-hybridized carbons (Fsp3) is 0.348. The van der Waals surface area contributed by atoms with Gasteiger partial charge in [0.25, 0.3) is 11.7 Å². The maximum absolute atomic E-state index is 12.7. The molecular formula is C23H27N6O4+. The largest absolute Gasteiger partial charge is 0.487 e. The second-order valence-corrected chi connectivity index (χ2v) is 8.51. The molecule has 0 spiro atoms. The Balaban J connectivity index is 1.58. The second-order valence-electron chi connectivity index (χ2n) is 8.51. The van der Waals surface area contributed by atoms with Gasteiger partial charge >= 0.3 is 5.91 Å². The van der Waals surface area contributed by atoms with E-state index in [4.69, 9.17) is 14.9 Å². The van der Waals surface area contributed by atoms with E-state index in [1.54, 1.807) is 36.2 Å². The maximum Gasteiger partial charge on any atom is 0.339 e. The first-order chi connectivity index (χ1) is 15.8. The van der Waals surface area contributed by atoms with Crippen LogP contribution in [0.25, 0.3) is 0 Å². The van der Waals surface area contributed by atoms with E-state index in [9.17, 15) is 9.59 Å². The summed E-state index contributed by atoms with van der Waals surface area (Å²) >= 11 is 0. The van der Waals surface area contributed by atoms with Gasteiger partial charge in [0.15, 0.2) is 0 Å². The summed E-state index contributed by atoms with van der Waals surface area (Å²) in [5, 5.41) is 12.1. The molecule has 2 aliphatic rings. The molecule has 3 heterocycles. The van der Waals surface area contributed by atoms with E-state index in [1.807, 2.05) is 13.8 Å². The quantitative estimate of drug-likeness (QED) is 0.334. The molecule has 172 valence electrons. The Morgan fingerprint density at radius 1 is 1.30 bits per heavy atom. The van der Waals surface area contributed by atoms with Crippen molar-refractivity contribution < 1.29 is 24.5 Å². The summed E-state index contributed by atoms with van der Waals surface area (Å²) in [6, 6.07) is 6.65. The lowest BCUT2D eigenvalue weighted by molar-refractivity contribution is -0.113. The first-order valence-electron chi connectivity index (χ1n) is 10.7. The van der Waals surface area contributed by atoms with Crippen LogP contribution in [0, 0.1) is 0 Å². The summed E-state index contributed by atoms with van der Waals surface area (Å²) in [4.78, 5) is 31.1. The third-order valence-corrected chi connectivity index (χ3v) is 5.34. The highest BCUT2D eigenvalue weighted by Gasteiger charge is 2.34. The third kappa shape index (κ3) is 4.94. The van der Waals surface area contributed by atoms with Gasteiger partial charge in [-0.3, -0.25) is 10.2 Å². The fourth-order valence-electron chi connectivity index (χ4n) is 3.61. The van der Waals surface area contributed by atoms with Gasteiger partial charge in [0.05, 0.1) is 11.8 Å². The molecule has 0 atom stereocenters. The number of benzene rings is 1. The van der Waals surface area contributed by atoms with Crippen LogP contribution in [0.2, 0.25) is 0 Å². The lowest BCUT2D eigenvalue weighted by Crippen LogP contribution is -2.52. The van der Waals surface area contributed by atoms with Crippen LogP contribution in [0.15, 0.2) is 35.6 Å². The van der Waals surface area contributed by atoms with E-state index >= 15 is 0 Å². The van der Waals surface area contributed by atoms with Crippen molar-refractivity contribution >= 4 is 23.9 Å². The Morgan fingerprint density at radius 2 is 2.09 bits per heavy atom. The van der Waals surface area contributed by atoms with Crippen LogP contribution in [0.4, 0.5) is 0 Å². The Morgan fingerprint density at radius 3 is 2.73 bits per heavy atom. The fourth-order valence-corrected chi connectivity index (χ4v) is 3.61. The number of nitrogens with one attached hydrogen (secondary N) is 2. The predicted octanol–water partition coefficient (Wildman–Crippen LogP) is 0.526. The van der Waals surface area contributed by atoms with Gasteiger partial charge in [-0.25, -0.2) is 15.1 Å². The molecule has 4 N–H and O–H groups in total. The molecule has 0 bridgehead atoms. The summed E-state index contributed by atoms with van der Waals surface area (Å²) in [7, 11) is 1.62. The molecule has 2 aromatic rings. The number of ether oxygens (including phenoxy) is 2. The van der Waals surface area contributed by atoms with Crippen LogP contribution in [0.5, 0.6) is 17.2 Å². The highest BCUT2D eigenvalue weighted by Crippen LogP contribution is 2.42. The minimum absolute atomic E-state index is 0.0850. The predicted molar refractivity (Wildman–Crippen MR) is 122 cm³/mol. The summed E-state index contributed by atoms with van der Waals surface area (Å²) < 4.78 is 12.1. The number of hydrogen-bond donors (Lipinski definition) is 3. The van der Waals surface area contributed by atoms with Gasteiger partial charge in [0.1, 0.15) is 34.8 Å². The van der Waals surface area contributed by atoms with Crippen molar-refractivity contribution in [1.82, 2.24) is 20.6 Å². The van der Waals surface area contributed by atoms with Gasteiger partial charge in [0, 0.05) is 32.1 Å². The number of nitrogens with two attached hydrogens (primary N) is 1. The average molecular weight is 452 g/mol. The van der Waals surface area contributed by atoms with Crippen molar-refractivity contribution in [3.8, 4) is 17.2 Å². The topological polar surface area (TPSA) is 131 Å². The zero-order valence-electron chi connectivity index (χ0n) is 18.8. The number of carbonyl (C=O) groups excluding carboxylic acids is 2. The molecular weight excluding hydrogens is 424 g/mol. The highest BCUT2D eigenvalue weighted by atomic mass is 16.5. The lowest BCUT2D eigenvalue weighted by Gasteiger charge is -2.30. The first kappa shape index (κ1) is 22.3. The molecule has 1 aromatic carbocycles. The smallest absolute Gasteiger partial charge is 0.339 e. The Bertz CT molecular complexity index is 1120. The minimum atomic E-state index is -0.439. The molecule has 0 radical (unpaired) electrons.